The average molecular weight is 246 g/mol. The summed E-state index contributed by atoms with van der Waals surface area (Å²) in [5.41, 5.74) is 8.24. The molecule has 17 heavy (non-hydrogen) atoms. The van der Waals surface area contributed by atoms with Crippen molar-refractivity contribution in [1.82, 2.24) is 4.98 Å². The van der Waals surface area contributed by atoms with Crippen molar-refractivity contribution in [3.63, 3.8) is 0 Å². The van der Waals surface area contributed by atoms with E-state index in [1.807, 2.05) is 18.2 Å². The molecule has 2 aromatic rings. The molecule has 0 spiro atoms. The molecule has 0 saturated heterocycles. The first kappa shape index (κ1) is 12.3. The second-order valence-electron chi connectivity index (χ2n) is 4.68. The second-order valence-corrected chi connectivity index (χ2v) is 5.62. The highest BCUT2D eigenvalue weighted by atomic mass is 32.1. The van der Waals surface area contributed by atoms with Crippen molar-refractivity contribution in [1.29, 1.82) is 0 Å². The molecule has 0 radical (unpaired) electrons. The lowest BCUT2D eigenvalue weighted by molar-refractivity contribution is 0.449. The average Bonchev–Trinajstić information content (AvgIpc) is 2.78. The molecule has 2 rings (SSSR count). The molecule has 1 heterocycles. The number of nitrogens with zero attached hydrogens (tertiary/aromatic N) is 1. The van der Waals surface area contributed by atoms with E-state index >= 15 is 0 Å². The van der Waals surface area contributed by atoms with Crippen molar-refractivity contribution in [3.05, 3.63) is 40.7 Å². The van der Waals surface area contributed by atoms with Gasteiger partial charge >= 0.3 is 0 Å². The van der Waals surface area contributed by atoms with E-state index < -0.39 is 0 Å². The minimum Gasteiger partial charge on any atom is -0.325 e. The van der Waals surface area contributed by atoms with E-state index in [0.717, 1.165) is 23.5 Å². The maximum absolute atomic E-state index is 6.16. The maximum atomic E-state index is 6.16. The molecule has 0 bridgehead atoms. The minimum absolute atomic E-state index is 0.147. The maximum Gasteiger partial charge on any atom is 0.0950 e. The van der Waals surface area contributed by atoms with Crippen LogP contribution in [0.1, 0.15) is 25.3 Å². The molecule has 0 fully saturated rings. The van der Waals surface area contributed by atoms with Crippen molar-refractivity contribution >= 4 is 11.3 Å². The molecule has 90 valence electrons. The van der Waals surface area contributed by atoms with E-state index in [-0.39, 0.29) is 5.54 Å². The van der Waals surface area contributed by atoms with Gasteiger partial charge in [-0.2, -0.15) is 0 Å². The predicted octanol–water partition coefficient (Wildman–Crippen LogP) is 3.48. The third kappa shape index (κ3) is 3.14. The number of nitrogens with two attached hydrogens (primary N) is 1. The molecule has 0 amide bonds. The van der Waals surface area contributed by atoms with Gasteiger partial charge in [0.25, 0.3) is 0 Å². The topological polar surface area (TPSA) is 38.9 Å². The number of hydrogen-bond donors (Lipinski definition) is 1. The van der Waals surface area contributed by atoms with E-state index in [1.165, 1.54) is 5.56 Å². The van der Waals surface area contributed by atoms with Crippen LogP contribution in [0.25, 0.3) is 11.3 Å². The number of hydrogen-bond acceptors (Lipinski definition) is 3. The number of aromatic nitrogens is 1. The lowest BCUT2D eigenvalue weighted by atomic mass is 9.97. The van der Waals surface area contributed by atoms with Gasteiger partial charge in [-0.05, 0) is 13.3 Å². The van der Waals surface area contributed by atoms with Crippen LogP contribution in [0.4, 0.5) is 0 Å². The molecule has 1 unspecified atom stereocenters. The highest BCUT2D eigenvalue weighted by Crippen LogP contribution is 2.24. The zero-order valence-electron chi connectivity index (χ0n) is 10.3. The Kier molecular flexibility index (Phi) is 3.60. The van der Waals surface area contributed by atoms with Gasteiger partial charge in [0, 0.05) is 22.9 Å². The summed E-state index contributed by atoms with van der Waals surface area (Å²) in [5.74, 6) is 0. The predicted molar refractivity (Wildman–Crippen MR) is 74.1 cm³/mol. The molecule has 2 nitrogen and oxygen atoms in total. The van der Waals surface area contributed by atoms with Crippen LogP contribution in [-0.2, 0) is 6.42 Å². The van der Waals surface area contributed by atoms with Gasteiger partial charge in [-0.1, -0.05) is 37.3 Å². The van der Waals surface area contributed by atoms with Crippen molar-refractivity contribution in [2.75, 3.05) is 0 Å². The Morgan fingerprint density at radius 1 is 1.29 bits per heavy atom. The molecule has 0 aliphatic heterocycles. The fraction of sp³-hybridized carbons (Fsp3) is 0.357. The van der Waals surface area contributed by atoms with Gasteiger partial charge in [-0.15, -0.1) is 11.3 Å². The lowest BCUT2D eigenvalue weighted by Gasteiger charge is -2.20. The summed E-state index contributed by atoms with van der Waals surface area (Å²) in [5, 5.41) is 3.23. The quantitative estimate of drug-likeness (QED) is 0.897. The molecule has 1 aromatic carbocycles. The van der Waals surface area contributed by atoms with Gasteiger partial charge in [0.05, 0.1) is 10.7 Å². The first-order chi connectivity index (χ1) is 8.11. The summed E-state index contributed by atoms with van der Waals surface area (Å²) in [6.07, 6.45) is 1.81. The zero-order valence-corrected chi connectivity index (χ0v) is 11.1. The molecule has 0 aliphatic rings. The van der Waals surface area contributed by atoms with E-state index in [2.05, 4.69) is 36.3 Å². The van der Waals surface area contributed by atoms with Gasteiger partial charge in [0.1, 0.15) is 0 Å². The van der Waals surface area contributed by atoms with Crippen molar-refractivity contribution in [3.8, 4) is 11.3 Å². The Bertz CT molecular complexity index is 474. The first-order valence-corrected chi connectivity index (χ1v) is 6.77. The smallest absolute Gasteiger partial charge is 0.0950 e. The molecular formula is C14H18N2S. The largest absolute Gasteiger partial charge is 0.325 e. The molecule has 1 atom stereocenters. The zero-order chi connectivity index (χ0) is 12.3. The first-order valence-electron chi connectivity index (χ1n) is 5.89. The minimum atomic E-state index is -0.147. The van der Waals surface area contributed by atoms with Gasteiger partial charge in [-0.25, -0.2) is 4.98 Å². The summed E-state index contributed by atoms with van der Waals surface area (Å²) in [4.78, 5) is 4.65. The Hall–Kier alpha value is -1.19. The molecule has 3 heteroatoms. The van der Waals surface area contributed by atoms with Crippen LogP contribution in [0.5, 0.6) is 0 Å². The summed E-state index contributed by atoms with van der Waals surface area (Å²) in [6.45, 7) is 4.20. The molecule has 2 N–H and O–H groups in total. The Balaban J connectivity index is 2.17. The fourth-order valence-corrected chi connectivity index (χ4v) is 2.60. The van der Waals surface area contributed by atoms with Crippen LogP contribution in [0.15, 0.2) is 35.7 Å². The van der Waals surface area contributed by atoms with Crippen molar-refractivity contribution < 1.29 is 0 Å². The van der Waals surface area contributed by atoms with Gasteiger partial charge in [0.2, 0.25) is 0 Å². The van der Waals surface area contributed by atoms with E-state index in [0.29, 0.717) is 0 Å². The van der Waals surface area contributed by atoms with Crippen LogP contribution in [0.2, 0.25) is 0 Å². The SMILES string of the molecule is CCC(C)(N)Cc1nc(-c2ccccc2)cs1. The highest BCUT2D eigenvalue weighted by molar-refractivity contribution is 7.09. The Morgan fingerprint density at radius 2 is 2.00 bits per heavy atom. The van der Waals surface area contributed by atoms with Gasteiger partial charge in [-0.3, -0.25) is 0 Å². The molecule has 0 aliphatic carbocycles. The van der Waals surface area contributed by atoms with Crippen LogP contribution >= 0.6 is 11.3 Å². The molecular weight excluding hydrogens is 228 g/mol. The van der Waals surface area contributed by atoms with E-state index in [1.54, 1.807) is 11.3 Å². The summed E-state index contributed by atoms with van der Waals surface area (Å²) >= 11 is 1.70. The number of benzene rings is 1. The van der Waals surface area contributed by atoms with Crippen LogP contribution in [0.3, 0.4) is 0 Å². The van der Waals surface area contributed by atoms with Crippen LogP contribution in [-0.4, -0.2) is 10.5 Å². The highest BCUT2D eigenvalue weighted by Gasteiger charge is 2.18. The monoisotopic (exact) mass is 246 g/mol. The van der Waals surface area contributed by atoms with Crippen LogP contribution < -0.4 is 5.73 Å². The summed E-state index contributed by atoms with van der Waals surface area (Å²) in [7, 11) is 0. The molecule has 0 saturated carbocycles. The summed E-state index contributed by atoms with van der Waals surface area (Å²) in [6, 6.07) is 10.3. The summed E-state index contributed by atoms with van der Waals surface area (Å²) < 4.78 is 0. The van der Waals surface area contributed by atoms with E-state index in [4.69, 9.17) is 5.73 Å². The number of thiazole rings is 1. The van der Waals surface area contributed by atoms with Gasteiger partial charge in [0.15, 0.2) is 0 Å². The normalized spacial score (nSPS) is 14.5. The number of rotatable bonds is 4. The molecule has 1 aromatic heterocycles. The van der Waals surface area contributed by atoms with Crippen LogP contribution in [0, 0.1) is 0 Å². The van der Waals surface area contributed by atoms with Crippen molar-refractivity contribution in [2.45, 2.75) is 32.2 Å². The third-order valence-corrected chi connectivity index (χ3v) is 3.83. The van der Waals surface area contributed by atoms with Crippen molar-refractivity contribution in [2.24, 2.45) is 5.73 Å². The van der Waals surface area contributed by atoms with Gasteiger partial charge < -0.3 is 5.73 Å². The Labute approximate surface area is 107 Å². The second kappa shape index (κ2) is 4.98. The lowest BCUT2D eigenvalue weighted by Crippen LogP contribution is -2.37. The Morgan fingerprint density at radius 3 is 2.65 bits per heavy atom. The van der Waals surface area contributed by atoms with E-state index in [9.17, 15) is 0 Å². The standard InChI is InChI=1S/C14H18N2S/c1-3-14(2,15)9-13-16-12(10-17-13)11-7-5-4-6-8-11/h4-8,10H,3,9,15H2,1-2H3. The third-order valence-electron chi connectivity index (χ3n) is 2.98. The fourth-order valence-electron chi connectivity index (χ4n) is 1.60.